The Morgan fingerprint density at radius 2 is 2.00 bits per heavy atom. The predicted octanol–water partition coefficient (Wildman–Crippen LogP) is 1.32. The zero-order valence-electron chi connectivity index (χ0n) is 14.4. The van der Waals surface area contributed by atoms with Gasteiger partial charge in [0.1, 0.15) is 18.2 Å². The van der Waals surface area contributed by atoms with Gasteiger partial charge in [0, 0.05) is 6.42 Å². The number of ether oxygens (including phenoxy) is 1. The topological polar surface area (TPSA) is 99.0 Å². The summed E-state index contributed by atoms with van der Waals surface area (Å²) in [5.74, 6) is -1.85. The molecule has 8 nitrogen and oxygen atoms in total. The fourth-order valence-electron chi connectivity index (χ4n) is 2.58. The molecule has 138 valence electrons. The molecule has 1 atom stereocenters. The molecule has 0 bridgehead atoms. The van der Waals surface area contributed by atoms with Crippen LogP contribution in [0.1, 0.15) is 15.9 Å². The lowest BCUT2D eigenvalue weighted by molar-refractivity contribution is -0.142. The summed E-state index contributed by atoms with van der Waals surface area (Å²) < 4.78 is 19.7. The maximum absolute atomic E-state index is 13.7. The van der Waals surface area contributed by atoms with Gasteiger partial charge in [-0.2, -0.15) is 4.68 Å². The molecule has 1 aromatic heterocycles. The zero-order chi connectivity index (χ0) is 19.2. The van der Waals surface area contributed by atoms with Gasteiger partial charge in [-0.15, -0.1) is 5.10 Å². The van der Waals surface area contributed by atoms with Crippen molar-refractivity contribution < 1.29 is 18.7 Å². The van der Waals surface area contributed by atoms with E-state index in [0.29, 0.717) is 0 Å². The fourth-order valence-corrected chi connectivity index (χ4v) is 2.58. The van der Waals surface area contributed by atoms with Crippen LogP contribution in [0.2, 0.25) is 0 Å². The largest absolute Gasteiger partial charge is 0.467 e. The highest BCUT2D eigenvalue weighted by molar-refractivity contribution is 5.99. The molecule has 3 rings (SSSR count). The summed E-state index contributed by atoms with van der Waals surface area (Å²) in [7, 11) is 1.24. The molecular formula is C18H16FN5O3. The minimum atomic E-state index is -0.935. The molecule has 0 spiro atoms. The Morgan fingerprint density at radius 1 is 1.22 bits per heavy atom. The van der Waals surface area contributed by atoms with E-state index in [9.17, 15) is 14.0 Å². The minimum Gasteiger partial charge on any atom is -0.467 e. The second-order valence-corrected chi connectivity index (χ2v) is 5.65. The Balaban J connectivity index is 1.88. The number of hydrogen-bond acceptors (Lipinski definition) is 6. The number of nitrogens with zero attached hydrogens (tertiary/aromatic N) is 4. The SMILES string of the molecule is COC(=O)[C@H](Cc1ccccc1)NC(=O)c1cc(F)ccc1-n1cnnn1. The third kappa shape index (κ3) is 4.32. The molecule has 1 heterocycles. The van der Waals surface area contributed by atoms with Crippen LogP contribution < -0.4 is 5.32 Å². The van der Waals surface area contributed by atoms with Gasteiger partial charge in [-0.05, 0) is 34.2 Å². The number of amides is 1. The van der Waals surface area contributed by atoms with Crippen LogP contribution in [-0.2, 0) is 16.0 Å². The quantitative estimate of drug-likeness (QED) is 0.658. The van der Waals surface area contributed by atoms with Gasteiger partial charge in [-0.25, -0.2) is 9.18 Å². The summed E-state index contributed by atoms with van der Waals surface area (Å²) >= 11 is 0. The summed E-state index contributed by atoms with van der Waals surface area (Å²) in [6, 6.07) is 11.9. The van der Waals surface area contributed by atoms with Crippen molar-refractivity contribution in [3.63, 3.8) is 0 Å². The van der Waals surface area contributed by atoms with Gasteiger partial charge in [0.15, 0.2) is 0 Å². The van der Waals surface area contributed by atoms with E-state index < -0.39 is 23.7 Å². The zero-order valence-corrected chi connectivity index (χ0v) is 14.4. The Hall–Kier alpha value is -3.62. The second-order valence-electron chi connectivity index (χ2n) is 5.65. The molecule has 3 aromatic rings. The molecular weight excluding hydrogens is 353 g/mol. The number of halogens is 1. The van der Waals surface area contributed by atoms with E-state index >= 15 is 0 Å². The number of methoxy groups -OCH3 is 1. The van der Waals surface area contributed by atoms with Crippen molar-refractivity contribution in [2.24, 2.45) is 0 Å². The Bertz CT molecular complexity index is 931. The third-order valence-electron chi connectivity index (χ3n) is 3.87. The van der Waals surface area contributed by atoms with Crippen molar-refractivity contribution in [2.75, 3.05) is 7.11 Å². The monoisotopic (exact) mass is 369 g/mol. The van der Waals surface area contributed by atoms with Crippen molar-refractivity contribution in [1.82, 2.24) is 25.5 Å². The molecule has 0 unspecified atom stereocenters. The van der Waals surface area contributed by atoms with Crippen LogP contribution in [0.3, 0.4) is 0 Å². The summed E-state index contributed by atoms with van der Waals surface area (Å²) in [5.41, 5.74) is 1.11. The molecule has 0 saturated heterocycles. The summed E-state index contributed by atoms with van der Waals surface area (Å²) in [5, 5.41) is 13.3. The molecule has 9 heteroatoms. The normalized spacial score (nSPS) is 11.6. The number of tetrazole rings is 1. The Labute approximate surface area is 154 Å². The first-order valence-electron chi connectivity index (χ1n) is 8.04. The number of aromatic nitrogens is 4. The van der Waals surface area contributed by atoms with Crippen molar-refractivity contribution >= 4 is 11.9 Å². The summed E-state index contributed by atoms with van der Waals surface area (Å²) in [4.78, 5) is 24.9. The van der Waals surface area contributed by atoms with Gasteiger partial charge >= 0.3 is 5.97 Å². The summed E-state index contributed by atoms with van der Waals surface area (Å²) in [6.45, 7) is 0. The number of benzene rings is 2. The highest BCUT2D eigenvalue weighted by Crippen LogP contribution is 2.16. The van der Waals surface area contributed by atoms with Gasteiger partial charge in [-0.1, -0.05) is 30.3 Å². The smallest absolute Gasteiger partial charge is 0.328 e. The molecule has 27 heavy (non-hydrogen) atoms. The maximum Gasteiger partial charge on any atom is 0.328 e. The molecule has 1 N–H and O–H groups in total. The first-order valence-corrected chi connectivity index (χ1v) is 8.04. The van der Waals surface area contributed by atoms with Crippen molar-refractivity contribution in [1.29, 1.82) is 0 Å². The lowest BCUT2D eigenvalue weighted by Crippen LogP contribution is -2.43. The number of carbonyl (C=O) groups is 2. The lowest BCUT2D eigenvalue weighted by atomic mass is 10.0. The number of rotatable bonds is 6. The van der Waals surface area contributed by atoms with Crippen LogP contribution in [0, 0.1) is 5.82 Å². The van der Waals surface area contributed by atoms with Crippen LogP contribution in [-0.4, -0.2) is 45.2 Å². The third-order valence-corrected chi connectivity index (χ3v) is 3.87. The molecule has 1 amide bonds. The highest BCUT2D eigenvalue weighted by atomic mass is 19.1. The Kier molecular flexibility index (Phi) is 5.50. The molecule has 0 aliphatic carbocycles. The number of nitrogens with one attached hydrogen (secondary N) is 1. The first kappa shape index (κ1) is 18.2. The van der Waals surface area contributed by atoms with E-state index in [1.54, 1.807) is 0 Å². The predicted molar refractivity (Wildman–Crippen MR) is 92.5 cm³/mol. The van der Waals surface area contributed by atoms with Crippen LogP contribution in [0.4, 0.5) is 4.39 Å². The molecule has 0 aliphatic heterocycles. The van der Waals surface area contributed by atoms with Gasteiger partial charge in [0.05, 0.1) is 18.4 Å². The number of esters is 1. The minimum absolute atomic E-state index is 0.00994. The standard InChI is InChI=1S/C18H16FN5O3/c1-27-18(26)15(9-12-5-3-2-4-6-12)21-17(25)14-10-13(19)7-8-16(14)24-11-20-22-23-24/h2-8,10-11,15H,9H2,1H3,(H,21,25)/t15-/m0/s1. The van der Waals surface area contributed by atoms with Crippen molar-refractivity contribution in [2.45, 2.75) is 12.5 Å². The van der Waals surface area contributed by atoms with E-state index in [4.69, 9.17) is 4.74 Å². The average molecular weight is 369 g/mol. The van der Waals surface area contributed by atoms with Crippen molar-refractivity contribution in [3.8, 4) is 5.69 Å². The molecule has 0 radical (unpaired) electrons. The first-order chi connectivity index (χ1) is 13.1. The van der Waals surface area contributed by atoms with Gasteiger partial charge in [0.2, 0.25) is 0 Å². The van der Waals surface area contributed by atoms with Crippen LogP contribution in [0.15, 0.2) is 54.9 Å². The maximum atomic E-state index is 13.7. The number of hydrogen-bond donors (Lipinski definition) is 1. The van der Waals surface area contributed by atoms with Crippen molar-refractivity contribution in [3.05, 3.63) is 71.8 Å². The van der Waals surface area contributed by atoms with Crippen LogP contribution >= 0.6 is 0 Å². The van der Waals surface area contributed by atoms with Crippen LogP contribution in [0.5, 0.6) is 0 Å². The number of carbonyl (C=O) groups excluding carboxylic acids is 2. The van der Waals surface area contributed by atoms with Gasteiger partial charge in [-0.3, -0.25) is 4.79 Å². The molecule has 0 aliphatic rings. The molecule has 2 aromatic carbocycles. The Morgan fingerprint density at radius 3 is 2.67 bits per heavy atom. The van der Waals surface area contributed by atoms with E-state index in [1.165, 1.54) is 30.3 Å². The van der Waals surface area contributed by atoms with E-state index in [-0.39, 0.29) is 17.7 Å². The molecule has 0 saturated carbocycles. The highest BCUT2D eigenvalue weighted by Gasteiger charge is 2.24. The lowest BCUT2D eigenvalue weighted by Gasteiger charge is -2.17. The fraction of sp³-hybridized carbons (Fsp3) is 0.167. The van der Waals surface area contributed by atoms with Crippen LogP contribution in [0.25, 0.3) is 5.69 Å². The van der Waals surface area contributed by atoms with E-state index in [0.717, 1.165) is 11.6 Å². The summed E-state index contributed by atoms with van der Waals surface area (Å²) in [6.07, 6.45) is 1.51. The van der Waals surface area contributed by atoms with E-state index in [2.05, 4.69) is 20.8 Å². The van der Waals surface area contributed by atoms with E-state index in [1.807, 2.05) is 30.3 Å². The molecule has 0 fully saturated rings. The van der Waals surface area contributed by atoms with Gasteiger partial charge in [0.25, 0.3) is 5.91 Å². The average Bonchev–Trinajstić information content (AvgIpc) is 3.22. The van der Waals surface area contributed by atoms with Gasteiger partial charge < -0.3 is 10.1 Å². The second kappa shape index (κ2) is 8.17.